The first-order chi connectivity index (χ1) is 8.57. The average molecular weight is 285 g/mol. The van der Waals surface area contributed by atoms with E-state index in [0.29, 0.717) is 0 Å². The number of aromatic nitrogens is 1. The number of nitro groups is 1. The molecule has 0 aliphatic rings. The van der Waals surface area contributed by atoms with E-state index in [0.717, 1.165) is 0 Å². The topological polar surface area (TPSA) is 99.1 Å². The quantitative estimate of drug-likeness (QED) is 0.521. The molecular formula is C8H4F5N3O3. The normalized spacial score (nSPS) is 11.7. The molecule has 1 amide bonds. The van der Waals surface area contributed by atoms with Crippen molar-refractivity contribution in [2.45, 2.75) is 12.6 Å². The number of carbonyl (C=O) groups is 1. The monoisotopic (exact) mass is 285 g/mol. The molecule has 0 aliphatic heterocycles. The van der Waals surface area contributed by atoms with E-state index in [4.69, 9.17) is 0 Å². The summed E-state index contributed by atoms with van der Waals surface area (Å²) in [6.07, 6.45) is -8.92. The van der Waals surface area contributed by atoms with Gasteiger partial charge in [-0.2, -0.15) is 13.2 Å². The Morgan fingerprint density at radius 3 is 2.26 bits per heavy atom. The Labute approximate surface area is 101 Å². The van der Waals surface area contributed by atoms with Gasteiger partial charge in [-0.15, -0.1) is 0 Å². The Morgan fingerprint density at radius 1 is 1.42 bits per heavy atom. The summed E-state index contributed by atoms with van der Waals surface area (Å²) in [5.74, 6) is -1.88. The lowest BCUT2D eigenvalue weighted by Gasteiger charge is -2.13. The number of nitrogens with zero attached hydrogens (tertiary/aromatic N) is 2. The van der Waals surface area contributed by atoms with Crippen LogP contribution in [0.1, 0.15) is 28.0 Å². The van der Waals surface area contributed by atoms with E-state index in [1.807, 2.05) is 0 Å². The van der Waals surface area contributed by atoms with Gasteiger partial charge in [0.25, 0.3) is 18.0 Å². The summed E-state index contributed by atoms with van der Waals surface area (Å²) in [6, 6.07) is 0. The SMILES string of the molecule is NC(=O)c1c(C(F)(F)F)ncc([N+](=O)[O-])c1C(F)F. The van der Waals surface area contributed by atoms with Gasteiger partial charge in [-0.25, -0.2) is 13.8 Å². The highest BCUT2D eigenvalue weighted by atomic mass is 19.4. The highest BCUT2D eigenvalue weighted by Crippen LogP contribution is 2.38. The largest absolute Gasteiger partial charge is 0.434 e. The van der Waals surface area contributed by atoms with E-state index in [2.05, 4.69) is 10.7 Å². The van der Waals surface area contributed by atoms with Crippen LogP contribution in [0.25, 0.3) is 0 Å². The maximum atomic E-state index is 12.7. The molecule has 0 aromatic carbocycles. The zero-order valence-corrected chi connectivity index (χ0v) is 8.74. The molecule has 1 heterocycles. The minimum absolute atomic E-state index is 0.0107. The van der Waals surface area contributed by atoms with Crippen molar-refractivity contribution in [1.82, 2.24) is 4.98 Å². The first kappa shape index (κ1) is 14.7. The average Bonchev–Trinajstić information content (AvgIpc) is 2.25. The first-order valence-corrected chi connectivity index (χ1v) is 4.39. The minimum atomic E-state index is -5.25. The number of amides is 1. The Hall–Kier alpha value is -2.33. The molecule has 0 fully saturated rings. The fourth-order valence-electron chi connectivity index (χ4n) is 1.35. The van der Waals surface area contributed by atoms with Crippen LogP contribution < -0.4 is 5.73 Å². The molecule has 104 valence electrons. The number of carbonyl (C=O) groups excluding carboxylic acids is 1. The van der Waals surface area contributed by atoms with E-state index in [1.54, 1.807) is 0 Å². The fourth-order valence-corrected chi connectivity index (χ4v) is 1.35. The predicted molar refractivity (Wildman–Crippen MR) is 49.4 cm³/mol. The van der Waals surface area contributed by atoms with Gasteiger partial charge in [-0.05, 0) is 0 Å². The van der Waals surface area contributed by atoms with Crippen LogP contribution in [0.15, 0.2) is 6.20 Å². The van der Waals surface area contributed by atoms with Crippen LogP contribution in [-0.2, 0) is 6.18 Å². The number of halogens is 5. The third-order valence-corrected chi connectivity index (χ3v) is 2.03. The molecule has 0 bridgehead atoms. The van der Waals surface area contributed by atoms with Crippen LogP contribution in [0, 0.1) is 10.1 Å². The van der Waals surface area contributed by atoms with E-state index < -0.39 is 45.9 Å². The van der Waals surface area contributed by atoms with Crippen LogP contribution in [0.5, 0.6) is 0 Å². The summed E-state index contributed by atoms with van der Waals surface area (Å²) < 4.78 is 62.8. The number of hydrogen-bond donors (Lipinski definition) is 1. The first-order valence-electron chi connectivity index (χ1n) is 4.39. The molecule has 1 aromatic heterocycles. The lowest BCUT2D eigenvalue weighted by Crippen LogP contribution is -2.23. The van der Waals surface area contributed by atoms with Crippen molar-refractivity contribution in [2.75, 3.05) is 0 Å². The minimum Gasteiger partial charge on any atom is -0.366 e. The van der Waals surface area contributed by atoms with E-state index in [1.165, 1.54) is 0 Å². The Kier molecular flexibility index (Phi) is 3.68. The number of pyridine rings is 1. The molecule has 0 saturated carbocycles. The molecule has 6 nitrogen and oxygen atoms in total. The van der Waals surface area contributed by atoms with E-state index in [-0.39, 0.29) is 6.20 Å². The maximum Gasteiger partial charge on any atom is 0.434 e. The number of primary amides is 1. The van der Waals surface area contributed by atoms with Crippen LogP contribution in [0.2, 0.25) is 0 Å². The zero-order chi connectivity index (χ0) is 15.0. The van der Waals surface area contributed by atoms with Crippen molar-refractivity contribution in [2.24, 2.45) is 5.73 Å². The third-order valence-electron chi connectivity index (χ3n) is 2.03. The molecular weight excluding hydrogens is 281 g/mol. The van der Waals surface area contributed by atoms with Crippen molar-refractivity contribution in [3.63, 3.8) is 0 Å². The highest BCUT2D eigenvalue weighted by molar-refractivity contribution is 5.96. The van der Waals surface area contributed by atoms with Crippen molar-refractivity contribution in [1.29, 1.82) is 0 Å². The Bertz CT molecular complexity index is 543. The molecule has 1 aromatic rings. The van der Waals surface area contributed by atoms with Gasteiger partial charge < -0.3 is 5.73 Å². The van der Waals surface area contributed by atoms with Crippen molar-refractivity contribution in [3.05, 3.63) is 33.1 Å². The highest BCUT2D eigenvalue weighted by Gasteiger charge is 2.42. The summed E-state index contributed by atoms with van der Waals surface area (Å²) in [6.45, 7) is 0. The summed E-state index contributed by atoms with van der Waals surface area (Å²) in [5.41, 5.74) is -2.20. The molecule has 2 N–H and O–H groups in total. The molecule has 0 unspecified atom stereocenters. The summed E-state index contributed by atoms with van der Waals surface area (Å²) in [4.78, 5) is 22.6. The predicted octanol–water partition coefficient (Wildman–Crippen LogP) is 2.05. The van der Waals surface area contributed by atoms with Crippen LogP contribution in [0.3, 0.4) is 0 Å². The second-order valence-electron chi connectivity index (χ2n) is 3.20. The summed E-state index contributed by atoms with van der Waals surface area (Å²) in [5, 5.41) is 10.5. The van der Waals surface area contributed by atoms with Gasteiger partial charge in [-0.3, -0.25) is 14.9 Å². The summed E-state index contributed by atoms with van der Waals surface area (Å²) in [7, 11) is 0. The molecule has 1 rings (SSSR count). The van der Waals surface area contributed by atoms with Crippen LogP contribution in [-0.4, -0.2) is 15.8 Å². The molecule has 19 heavy (non-hydrogen) atoms. The van der Waals surface area contributed by atoms with E-state index in [9.17, 15) is 36.9 Å². The molecule has 0 aliphatic carbocycles. The molecule has 0 radical (unpaired) electrons. The second-order valence-corrected chi connectivity index (χ2v) is 3.20. The molecule has 0 spiro atoms. The van der Waals surface area contributed by atoms with Gasteiger partial charge in [-0.1, -0.05) is 0 Å². The third kappa shape index (κ3) is 2.74. The molecule has 11 heteroatoms. The fraction of sp³-hybridized carbons (Fsp3) is 0.250. The van der Waals surface area contributed by atoms with Gasteiger partial charge in [0, 0.05) is 0 Å². The molecule has 0 atom stereocenters. The van der Waals surface area contributed by atoms with E-state index >= 15 is 0 Å². The lowest BCUT2D eigenvalue weighted by molar-refractivity contribution is -0.386. The smallest absolute Gasteiger partial charge is 0.366 e. The van der Waals surface area contributed by atoms with Gasteiger partial charge >= 0.3 is 6.18 Å². The van der Waals surface area contributed by atoms with Crippen molar-refractivity contribution < 1.29 is 31.7 Å². The standard InChI is InChI=1S/C8H4F5N3O3/c9-6(10)3-2(16(18)19)1-15-5(8(11,12)13)4(3)7(14)17/h1,6H,(H2,14,17). The van der Waals surface area contributed by atoms with Crippen molar-refractivity contribution in [3.8, 4) is 0 Å². The summed E-state index contributed by atoms with van der Waals surface area (Å²) >= 11 is 0. The molecule has 0 saturated heterocycles. The number of alkyl halides is 5. The van der Waals surface area contributed by atoms with Gasteiger partial charge in [0.1, 0.15) is 11.8 Å². The number of nitrogens with two attached hydrogens (primary N) is 1. The van der Waals surface area contributed by atoms with Crippen LogP contribution in [0.4, 0.5) is 27.6 Å². The lowest BCUT2D eigenvalue weighted by atomic mass is 10.0. The Balaban J connectivity index is 3.79. The van der Waals surface area contributed by atoms with Crippen LogP contribution >= 0.6 is 0 Å². The van der Waals surface area contributed by atoms with Gasteiger partial charge in [0.2, 0.25) is 0 Å². The number of rotatable bonds is 3. The zero-order valence-electron chi connectivity index (χ0n) is 8.74. The van der Waals surface area contributed by atoms with Gasteiger partial charge in [0.05, 0.1) is 10.5 Å². The number of hydrogen-bond acceptors (Lipinski definition) is 4. The maximum absolute atomic E-state index is 12.7. The Morgan fingerprint density at radius 2 is 1.95 bits per heavy atom. The second kappa shape index (κ2) is 4.74. The van der Waals surface area contributed by atoms with Gasteiger partial charge in [0.15, 0.2) is 5.69 Å². The van der Waals surface area contributed by atoms with Crippen molar-refractivity contribution >= 4 is 11.6 Å².